The fraction of sp³-hybridized carbons (Fsp3) is 0.500. The summed E-state index contributed by atoms with van der Waals surface area (Å²) in [6.07, 6.45) is -0.840. The van der Waals surface area contributed by atoms with Crippen molar-refractivity contribution in [2.45, 2.75) is 32.5 Å². The Morgan fingerprint density at radius 3 is 2.37 bits per heavy atom. The van der Waals surface area contributed by atoms with E-state index in [1.165, 1.54) is 7.11 Å². The molecule has 0 radical (unpaired) electrons. The Balaban J connectivity index is 2.81. The predicted octanol–water partition coefficient (Wildman–Crippen LogP) is 1.78. The number of aliphatic hydroxyl groups excluding tert-OH is 1. The Kier molecular flexibility index (Phi) is 3.18. The number of carbonyl (C=O) groups excluding carboxylic acids is 1. The van der Waals surface area contributed by atoms with E-state index in [9.17, 15) is 9.90 Å². The van der Waals surface area contributed by atoms with Crippen LogP contribution >= 0.6 is 0 Å². The van der Waals surface area contributed by atoms with E-state index < -0.39 is 17.7 Å². The number of rotatable bonds is 3. The summed E-state index contributed by atoms with van der Waals surface area (Å²) >= 11 is 0. The molecule has 2 atom stereocenters. The lowest BCUT2D eigenvalue weighted by molar-refractivity contribution is -0.0659. The van der Waals surface area contributed by atoms with Crippen LogP contribution in [0.25, 0.3) is 0 Å². The molecule has 0 saturated heterocycles. The minimum atomic E-state index is -1.08. The molecule has 1 aliphatic rings. The highest BCUT2D eigenvalue weighted by Gasteiger charge is 2.48. The van der Waals surface area contributed by atoms with Gasteiger partial charge in [-0.3, -0.25) is 0 Å². The number of fused-ring (bicyclic) bond motifs is 1. The zero-order valence-electron chi connectivity index (χ0n) is 11.7. The van der Waals surface area contributed by atoms with Crippen molar-refractivity contribution < 1.29 is 24.1 Å². The van der Waals surface area contributed by atoms with Gasteiger partial charge in [0, 0.05) is 11.6 Å². The molecule has 1 aromatic rings. The van der Waals surface area contributed by atoms with Crippen LogP contribution < -0.4 is 9.47 Å². The third-order valence-corrected chi connectivity index (χ3v) is 3.75. The number of esters is 1. The molecule has 0 bridgehead atoms. The van der Waals surface area contributed by atoms with Gasteiger partial charge in [-0.1, -0.05) is 0 Å². The van der Waals surface area contributed by atoms with Gasteiger partial charge in [-0.2, -0.15) is 0 Å². The number of methoxy groups -OCH3 is 2. The molecule has 5 nitrogen and oxygen atoms in total. The van der Waals surface area contributed by atoms with Crippen molar-refractivity contribution in [3.8, 4) is 11.5 Å². The largest absolute Gasteiger partial charge is 0.496 e. The summed E-state index contributed by atoms with van der Waals surface area (Å²) in [6, 6.07) is 1.66. The second-order valence-corrected chi connectivity index (χ2v) is 4.83. The van der Waals surface area contributed by atoms with Crippen LogP contribution in [0.5, 0.6) is 11.5 Å². The molecule has 1 aromatic carbocycles. The highest BCUT2D eigenvalue weighted by molar-refractivity contribution is 5.98. The Morgan fingerprint density at radius 1 is 1.32 bits per heavy atom. The maximum Gasteiger partial charge on any atom is 0.343 e. The van der Waals surface area contributed by atoms with Crippen molar-refractivity contribution >= 4 is 5.97 Å². The van der Waals surface area contributed by atoms with E-state index in [1.807, 2.05) is 6.92 Å². The Labute approximate surface area is 112 Å². The molecule has 0 saturated carbocycles. The van der Waals surface area contributed by atoms with Gasteiger partial charge in [-0.05, 0) is 26.3 Å². The van der Waals surface area contributed by atoms with Gasteiger partial charge in [-0.25, -0.2) is 4.79 Å². The molecular weight excluding hydrogens is 248 g/mol. The summed E-state index contributed by atoms with van der Waals surface area (Å²) in [4.78, 5) is 12.1. The molecule has 2 rings (SSSR count). The van der Waals surface area contributed by atoms with Crippen molar-refractivity contribution in [1.29, 1.82) is 0 Å². The predicted molar refractivity (Wildman–Crippen MR) is 68.7 cm³/mol. The Bertz CT molecular complexity index is 535. The normalized spacial score (nSPS) is 22.7. The highest BCUT2D eigenvalue weighted by atomic mass is 16.6. The van der Waals surface area contributed by atoms with Gasteiger partial charge in [-0.15, -0.1) is 0 Å². The van der Waals surface area contributed by atoms with Crippen LogP contribution in [-0.4, -0.2) is 31.4 Å². The first-order valence-corrected chi connectivity index (χ1v) is 6.04. The van der Waals surface area contributed by atoms with Crippen molar-refractivity contribution in [2.75, 3.05) is 14.2 Å². The molecule has 0 spiro atoms. The van der Waals surface area contributed by atoms with Crippen LogP contribution in [0, 0.1) is 6.92 Å². The summed E-state index contributed by atoms with van der Waals surface area (Å²) in [6.45, 7) is 5.11. The molecule has 2 unspecified atom stereocenters. The first-order chi connectivity index (χ1) is 8.86. The number of hydrogen-bond donors (Lipinski definition) is 1. The molecule has 104 valence electrons. The number of hydrogen-bond acceptors (Lipinski definition) is 5. The van der Waals surface area contributed by atoms with Gasteiger partial charge in [0.05, 0.1) is 20.3 Å². The van der Waals surface area contributed by atoms with E-state index in [1.54, 1.807) is 27.0 Å². The van der Waals surface area contributed by atoms with Gasteiger partial charge in [0.1, 0.15) is 17.1 Å². The summed E-state index contributed by atoms with van der Waals surface area (Å²) in [5.41, 5.74) is 0.679. The van der Waals surface area contributed by atoms with Gasteiger partial charge in [0.25, 0.3) is 0 Å². The fourth-order valence-corrected chi connectivity index (χ4v) is 2.52. The van der Waals surface area contributed by atoms with Gasteiger partial charge < -0.3 is 19.3 Å². The Hall–Kier alpha value is -1.75. The van der Waals surface area contributed by atoms with Crippen molar-refractivity contribution in [3.05, 3.63) is 22.8 Å². The van der Waals surface area contributed by atoms with Gasteiger partial charge in [0.15, 0.2) is 5.60 Å². The van der Waals surface area contributed by atoms with Crippen LogP contribution in [0.1, 0.15) is 35.3 Å². The van der Waals surface area contributed by atoms with Crippen LogP contribution in [0.2, 0.25) is 0 Å². The molecule has 0 aromatic heterocycles. The van der Waals surface area contributed by atoms with Crippen molar-refractivity contribution in [1.82, 2.24) is 0 Å². The number of aliphatic hydroxyl groups is 1. The third-order valence-electron chi connectivity index (χ3n) is 3.75. The summed E-state index contributed by atoms with van der Waals surface area (Å²) < 4.78 is 15.9. The van der Waals surface area contributed by atoms with Crippen molar-refractivity contribution in [3.63, 3.8) is 0 Å². The zero-order valence-corrected chi connectivity index (χ0v) is 11.7. The summed E-state index contributed by atoms with van der Waals surface area (Å²) in [5, 5.41) is 9.97. The maximum atomic E-state index is 12.1. The molecule has 1 heterocycles. The monoisotopic (exact) mass is 266 g/mol. The molecule has 19 heavy (non-hydrogen) atoms. The molecule has 0 fully saturated rings. The highest BCUT2D eigenvalue weighted by Crippen LogP contribution is 2.47. The van der Waals surface area contributed by atoms with Gasteiger partial charge >= 0.3 is 5.97 Å². The van der Waals surface area contributed by atoms with E-state index >= 15 is 0 Å². The lowest BCUT2D eigenvalue weighted by atomic mass is 9.85. The Morgan fingerprint density at radius 2 is 1.89 bits per heavy atom. The first-order valence-electron chi connectivity index (χ1n) is 6.04. The van der Waals surface area contributed by atoms with E-state index in [0.29, 0.717) is 22.6 Å². The average Bonchev–Trinajstić information content (AvgIpc) is 2.64. The van der Waals surface area contributed by atoms with E-state index in [4.69, 9.17) is 14.2 Å². The fourth-order valence-electron chi connectivity index (χ4n) is 2.52. The first kappa shape index (κ1) is 13.7. The SMILES string of the molecule is COc1cc(OC)c2c(c1C)C(C)(C(C)O)OC2=O. The minimum Gasteiger partial charge on any atom is -0.496 e. The van der Waals surface area contributed by atoms with Crippen LogP contribution in [-0.2, 0) is 10.3 Å². The second kappa shape index (κ2) is 4.42. The summed E-state index contributed by atoms with van der Waals surface area (Å²) in [5.74, 6) is 0.508. The second-order valence-electron chi connectivity index (χ2n) is 4.83. The average molecular weight is 266 g/mol. The number of ether oxygens (including phenoxy) is 3. The molecular formula is C14H18O5. The van der Waals surface area contributed by atoms with E-state index in [0.717, 1.165) is 5.56 Å². The third kappa shape index (κ3) is 1.76. The van der Waals surface area contributed by atoms with Crippen LogP contribution in [0.15, 0.2) is 6.07 Å². The van der Waals surface area contributed by atoms with Crippen LogP contribution in [0.3, 0.4) is 0 Å². The number of carbonyl (C=O) groups is 1. The lowest BCUT2D eigenvalue weighted by Gasteiger charge is -2.28. The summed E-state index contributed by atoms with van der Waals surface area (Å²) in [7, 11) is 3.03. The lowest BCUT2D eigenvalue weighted by Crippen LogP contribution is -2.35. The minimum absolute atomic E-state index is 0.365. The van der Waals surface area contributed by atoms with Crippen LogP contribution in [0.4, 0.5) is 0 Å². The smallest absolute Gasteiger partial charge is 0.343 e. The molecule has 5 heteroatoms. The zero-order chi connectivity index (χ0) is 14.4. The molecule has 0 amide bonds. The number of benzene rings is 1. The standard InChI is InChI=1S/C14H18O5/c1-7-9(17-4)6-10(18-5)11-12(7)14(3,8(2)15)19-13(11)16/h6,8,15H,1-5H3. The van der Waals surface area contributed by atoms with E-state index in [2.05, 4.69) is 0 Å². The van der Waals surface area contributed by atoms with Gasteiger partial charge in [0.2, 0.25) is 0 Å². The molecule has 1 aliphatic heterocycles. The molecule has 0 aliphatic carbocycles. The van der Waals surface area contributed by atoms with Crippen molar-refractivity contribution in [2.24, 2.45) is 0 Å². The topological polar surface area (TPSA) is 65.0 Å². The molecule has 1 N–H and O–H groups in total. The maximum absolute atomic E-state index is 12.1. The van der Waals surface area contributed by atoms with E-state index in [-0.39, 0.29) is 0 Å². The number of cyclic esters (lactones) is 1. The quantitative estimate of drug-likeness (QED) is 0.845.